The average molecular weight is 387 g/mol. The maximum Gasteiger partial charge on any atom is 0.246 e. The highest BCUT2D eigenvalue weighted by atomic mass is 32.2. The van der Waals surface area contributed by atoms with Crippen LogP contribution in [-0.2, 0) is 23.0 Å². The third kappa shape index (κ3) is 2.66. The van der Waals surface area contributed by atoms with Crippen LogP contribution < -0.4 is 0 Å². The van der Waals surface area contributed by atoms with Crippen LogP contribution in [0.15, 0.2) is 23.5 Å². The van der Waals surface area contributed by atoms with E-state index in [-0.39, 0.29) is 5.92 Å². The van der Waals surface area contributed by atoms with Crippen molar-refractivity contribution in [1.29, 1.82) is 0 Å². The Balaban J connectivity index is 1.37. The molecule has 10 heteroatoms. The molecule has 1 saturated heterocycles. The normalized spacial score (nSPS) is 19.0. The van der Waals surface area contributed by atoms with Gasteiger partial charge in [0.15, 0.2) is 5.65 Å². The molecule has 2 aliphatic rings. The number of nitrogens with zero attached hydrogens (tertiary/aromatic N) is 7. The highest BCUT2D eigenvalue weighted by Crippen LogP contribution is 2.33. The summed E-state index contributed by atoms with van der Waals surface area (Å²) in [5.41, 5.74) is 3.64. The van der Waals surface area contributed by atoms with E-state index < -0.39 is 10.0 Å². The summed E-state index contributed by atoms with van der Waals surface area (Å²) < 4.78 is 31.1. The van der Waals surface area contributed by atoms with Crippen molar-refractivity contribution in [2.45, 2.75) is 50.0 Å². The Bertz CT molecular complexity index is 1110. The number of fused-ring (bicyclic) bond motifs is 2. The summed E-state index contributed by atoms with van der Waals surface area (Å²) in [6.07, 6.45) is 6.24. The first-order valence-corrected chi connectivity index (χ1v) is 10.7. The van der Waals surface area contributed by atoms with Gasteiger partial charge < -0.3 is 0 Å². The van der Waals surface area contributed by atoms with Gasteiger partial charge in [-0.1, -0.05) is 0 Å². The fraction of sp³-hybridized carbons (Fsp3) is 0.529. The van der Waals surface area contributed by atoms with Gasteiger partial charge in [0, 0.05) is 25.6 Å². The summed E-state index contributed by atoms with van der Waals surface area (Å²) >= 11 is 0. The zero-order valence-electron chi connectivity index (χ0n) is 15.1. The quantitative estimate of drug-likeness (QED) is 0.668. The van der Waals surface area contributed by atoms with Crippen LogP contribution in [0.3, 0.4) is 0 Å². The monoisotopic (exact) mass is 387 g/mol. The molecule has 0 atom stereocenters. The second kappa shape index (κ2) is 6.10. The standard InChI is InChI=1S/C17H21N7O2S/c1-12-9-16-18-11-20-24(16)21-17(12)13-4-7-22(8-5-13)27(25,26)15-10-19-23-6-2-3-14(15)23/h9-11,13H,2-8H2,1H3. The molecule has 9 nitrogen and oxygen atoms in total. The molecule has 1 fully saturated rings. The first-order valence-electron chi connectivity index (χ1n) is 9.26. The van der Waals surface area contributed by atoms with E-state index in [4.69, 9.17) is 0 Å². The van der Waals surface area contributed by atoms with Crippen LogP contribution in [-0.4, -0.2) is 55.4 Å². The lowest BCUT2D eigenvalue weighted by molar-refractivity contribution is 0.314. The molecule has 0 aromatic carbocycles. The predicted octanol–water partition coefficient (Wildman–Crippen LogP) is 1.14. The topological polar surface area (TPSA) is 98.3 Å². The van der Waals surface area contributed by atoms with Crippen LogP contribution in [0.5, 0.6) is 0 Å². The number of rotatable bonds is 3. The third-order valence-electron chi connectivity index (χ3n) is 5.66. The number of piperidine rings is 1. The van der Waals surface area contributed by atoms with Crippen molar-refractivity contribution in [3.63, 3.8) is 0 Å². The molecule has 0 N–H and O–H groups in total. The van der Waals surface area contributed by atoms with Gasteiger partial charge >= 0.3 is 0 Å². The number of sulfonamides is 1. The van der Waals surface area contributed by atoms with Crippen molar-refractivity contribution in [2.24, 2.45) is 0 Å². The summed E-state index contributed by atoms with van der Waals surface area (Å²) in [4.78, 5) is 4.55. The zero-order chi connectivity index (χ0) is 18.6. The van der Waals surface area contributed by atoms with Gasteiger partial charge in [-0.05, 0) is 44.2 Å². The molecule has 0 unspecified atom stereocenters. The number of aromatic nitrogens is 6. The van der Waals surface area contributed by atoms with Gasteiger partial charge in [0.05, 0.1) is 17.6 Å². The number of hydrogen-bond donors (Lipinski definition) is 0. The third-order valence-corrected chi connectivity index (χ3v) is 7.60. The Morgan fingerprint density at radius 2 is 1.96 bits per heavy atom. The molecular formula is C17H21N7O2S. The summed E-state index contributed by atoms with van der Waals surface area (Å²) in [7, 11) is -3.48. The van der Waals surface area contributed by atoms with Crippen LogP contribution in [0.25, 0.3) is 5.65 Å². The molecule has 0 bridgehead atoms. The van der Waals surface area contributed by atoms with Crippen molar-refractivity contribution in [3.05, 3.63) is 35.5 Å². The second-order valence-corrected chi connectivity index (χ2v) is 9.19. The first-order chi connectivity index (χ1) is 13.0. The predicted molar refractivity (Wildman–Crippen MR) is 96.8 cm³/mol. The molecule has 2 aliphatic heterocycles. The lowest BCUT2D eigenvalue weighted by atomic mass is 9.92. The maximum atomic E-state index is 13.1. The SMILES string of the molecule is Cc1cc2ncnn2nc1C1CCN(S(=O)(=O)c2cnn3c2CCC3)CC1. The Labute approximate surface area is 157 Å². The van der Waals surface area contributed by atoms with E-state index >= 15 is 0 Å². The summed E-state index contributed by atoms with van der Waals surface area (Å²) in [5.74, 6) is 0.225. The second-order valence-electron chi connectivity index (χ2n) is 7.28. The van der Waals surface area contributed by atoms with Gasteiger partial charge in [0.1, 0.15) is 11.2 Å². The first kappa shape index (κ1) is 16.8. The van der Waals surface area contributed by atoms with E-state index in [0.717, 1.165) is 54.8 Å². The van der Waals surface area contributed by atoms with Gasteiger partial charge in [-0.2, -0.15) is 14.5 Å². The molecule has 5 heterocycles. The average Bonchev–Trinajstić information content (AvgIpc) is 3.37. The smallest absolute Gasteiger partial charge is 0.246 e. The van der Waals surface area contributed by atoms with Crippen LogP contribution in [0.4, 0.5) is 0 Å². The highest BCUT2D eigenvalue weighted by Gasteiger charge is 2.34. The van der Waals surface area contributed by atoms with Crippen LogP contribution in [0, 0.1) is 6.92 Å². The van der Waals surface area contributed by atoms with Crippen molar-refractivity contribution < 1.29 is 8.42 Å². The van der Waals surface area contributed by atoms with Crippen LogP contribution in [0.1, 0.15) is 42.1 Å². The summed E-state index contributed by atoms with van der Waals surface area (Å²) in [6, 6.07) is 1.98. The van der Waals surface area contributed by atoms with Gasteiger partial charge in [-0.25, -0.2) is 13.4 Å². The van der Waals surface area contributed by atoms with Crippen molar-refractivity contribution in [2.75, 3.05) is 13.1 Å². The maximum absolute atomic E-state index is 13.1. The zero-order valence-corrected chi connectivity index (χ0v) is 15.9. The lowest BCUT2D eigenvalue weighted by Crippen LogP contribution is -2.38. The van der Waals surface area contributed by atoms with Gasteiger partial charge in [0.25, 0.3) is 0 Å². The van der Waals surface area contributed by atoms with E-state index in [0.29, 0.717) is 18.0 Å². The molecule has 0 spiro atoms. The molecule has 27 heavy (non-hydrogen) atoms. The molecule has 0 amide bonds. The van der Waals surface area contributed by atoms with E-state index in [2.05, 4.69) is 20.3 Å². The lowest BCUT2D eigenvalue weighted by Gasteiger charge is -2.31. The highest BCUT2D eigenvalue weighted by molar-refractivity contribution is 7.89. The van der Waals surface area contributed by atoms with Crippen molar-refractivity contribution in [3.8, 4) is 0 Å². The van der Waals surface area contributed by atoms with Gasteiger partial charge in [-0.15, -0.1) is 9.73 Å². The Morgan fingerprint density at radius 1 is 1.15 bits per heavy atom. The van der Waals surface area contributed by atoms with Gasteiger partial charge in [0.2, 0.25) is 10.0 Å². The molecular weight excluding hydrogens is 366 g/mol. The van der Waals surface area contributed by atoms with Crippen LogP contribution in [0.2, 0.25) is 0 Å². The Hall–Kier alpha value is -2.33. The number of aryl methyl sites for hydroxylation is 2. The minimum atomic E-state index is -3.48. The van der Waals surface area contributed by atoms with Crippen LogP contribution >= 0.6 is 0 Å². The summed E-state index contributed by atoms with van der Waals surface area (Å²) in [6.45, 7) is 3.82. The van der Waals surface area contributed by atoms with Crippen molar-refractivity contribution >= 4 is 15.7 Å². The minimum Gasteiger partial charge on any atom is -0.268 e. The van der Waals surface area contributed by atoms with Crippen molar-refractivity contribution in [1.82, 2.24) is 33.9 Å². The Kier molecular flexibility index (Phi) is 3.80. The Morgan fingerprint density at radius 3 is 2.78 bits per heavy atom. The van der Waals surface area contributed by atoms with E-state index in [9.17, 15) is 8.42 Å². The number of hydrogen-bond acceptors (Lipinski definition) is 6. The van der Waals surface area contributed by atoms with E-state index in [1.165, 1.54) is 12.5 Å². The molecule has 0 aliphatic carbocycles. The van der Waals surface area contributed by atoms with Gasteiger partial charge in [-0.3, -0.25) is 4.68 Å². The van der Waals surface area contributed by atoms with E-state index in [1.807, 2.05) is 17.7 Å². The fourth-order valence-electron chi connectivity index (χ4n) is 4.23. The molecule has 0 radical (unpaired) electrons. The molecule has 142 valence electrons. The largest absolute Gasteiger partial charge is 0.268 e. The minimum absolute atomic E-state index is 0.225. The molecule has 0 saturated carbocycles. The fourth-order valence-corrected chi connectivity index (χ4v) is 5.88. The molecule has 5 rings (SSSR count). The molecule has 3 aromatic rings. The van der Waals surface area contributed by atoms with E-state index in [1.54, 1.807) is 8.94 Å². The summed E-state index contributed by atoms with van der Waals surface area (Å²) in [5, 5.41) is 13.0. The molecule has 3 aromatic heterocycles.